The van der Waals surface area contributed by atoms with Gasteiger partial charge in [-0.25, -0.2) is 4.39 Å². The summed E-state index contributed by atoms with van der Waals surface area (Å²) in [6.45, 7) is 2.12. The molecule has 0 saturated heterocycles. The number of aromatic nitrogens is 1. The van der Waals surface area contributed by atoms with E-state index in [0.29, 0.717) is 29.7 Å². The van der Waals surface area contributed by atoms with Gasteiger partial charge in [-0.3, -0.25) is 9.59 Å². The highest BCUT2D eigenvalue weighted by atomic mass is 19.1. The van der Waals surface area contributed by atoms with Gasteiger partial charge in [-0.15, -0.1) is 0 Å². The molecule has 0 aliphatic carbocycles. The van der Waals surface area contributed by atoms with E-state index in [9.17, 15) is 14.0 Å². The molecule has 6 heteroatoms. The molecule has 0 aliphatic heterocycles. The number of carbonyl (C=O) groups is 2. The molecule has 100 valence electrons. The highest BCUT2D eigenvalue weighted by Crippen LogP contribution is 2.16. The van der Waals surface area contributed by atoms with E-state index in [-0.39, 0.29) is 17.6 Å². The Bertz CT molecular complexity index is 621. The summed E-state index contributed by atoms with van der Waals surface area (Å²) in [7, 11) is 0. The lowest BCUT2D eigenvalue weighted by Crippen LogP contribution is -2.33. The normalized spacial score (nSPS) is 10.4. The predicted octanol–water partition coefficient (Wildman–Crippen LogP) is 1.17. The molecule has 2 amide bonds. The molecule has 2 aromatic rings. The minimum Gasteiger partial charge on any atom is -0.355 e. The molecule has 0 aliphatic rings. The number of hydrogen-bond donors (Lipinski definition) is 3. The van der Waals surface area contributed by atoms with Crippen molar-refractivity contribution < 1.29 is 14.0 Å². The van der Waals surface area contributed by atoms with E-state index >= 15 is 0 Å². The Balaban J connectivity index is 1.99. The minimum absolute atomic E-state index is 0.143. The van der Waals surface area contributed by atoms with Crippen molar-refractivity contribution in [1.29, 1.82) is 0 Å². The molecule has 1 heterocycles. The van der Waals surface area contributed by atoms with Crippen LogP contribution >= 0.6 is 0 Å². The Morgan fingerprint density at radius 2 is 1.95 bits per heavy atom. The fraction of sp³-hybridized carbons (Fsp3) is 0.231. The maximum Gasteiger partial charge on any atom is 0.267 e. The van der Waals surface area contributed by atoms with Gasteiger partial charge in [-0.1, -0.05) is 0 Å². The topological polar surface area (TPSA) is 74.0 Å². The quantitative estimate of drug-likeness (QED) is 0.724. The second kappa shape index (κ2) is 5.51. The number of halogens is 1. The van der Waals surface area contributed by atoms with Crippen molar-refractivity contribution in [3.05, 3.63) is 35.8 Å². The average Bonchev–Trinajstić information content (AvgIpc) is 2.77. The van der Waals surface area contributed by atoms with Crippen LogP contribution in [-0.4, -0.2) is 29.9 Å². The third-order valence-electron chi connectivity index (χ3n) is 2.61. The molecule has 2 rings (SSSR count). The molecule has 0 atom stereocenters. The summed E-state index contributed by atoms with van der Waals surface area (Å²) in [4.78, 5) is 25.3. The first kappa shape index (κ1) is 13.1. The standard InChI is InChI=1S/C13H14FN3O2/c1-8(18)15-4-5-16-13(19)12-7-9-6-10(14)2-3-11(9)17-12/h2-3,6-7,17H,4-5H2,1H3,(H,15,18)(H,16,19). The number of aromatic amines is 1. The van der Waals surface area contributed by atoms with Crippen LogP contribution in [0.15, 0.2) is 24.3 Å². The Morgan fingerprint density at radius 3 is 2.68 bits per heavy atom. The van der Waals surface area contributed by atoms with Crippen LogP contribution in [0.4, 0.5) is 4.39 Å². The van der Waals surface area contributed by atoms with Crippen molar-refractivity contribution >= 4 is 22.7 Å². The first-order chi connectivity index (χ1) is 9.06. The number of benzene rings is 1. The van der Waals surface area contributed by atoms with Crippen molar-refractivity contribution in [2.45, 2.75) is 6.92 Å². The van der Waals surface area contributed by atoms with Crippen LogP contribution in [0.2, 0.25) is 0 Å². The van der Waals surface area contributed by atoms with Gasteiger partial charge in [-0.05, 0) is 24.3 Å². The fourth-order valence-corrected chi connectivity index (χ4v) is 1.74. The van der Waals surface area contributed by atoms with Crippen molar-refractivity contribution in [3.8, 4) is 0 Å². The first-order valence-electron chi connectivity index (χ1n) is 5.87. The third-order valence-corrected chi connectivity index (χ3v) is 2.61. The van der Waals surface area contributed by atoms with Crippen LogP contribution < -0.4 is 10.6 Å². The second-order valence-corrected chi connectivity index (χ2v) is 4.15. The Hall–Kier alpha value is -2.37. The molecular weight excluding hydrogens is 249 g/mol. The number of rotatable bonds is 4. The summed E-state index contributed by atoms with van der Waals surface area (Å²) in [6, 6.07) is 5.86. The van der Waals surface area contributed by atoms with E-state index < -0.39 is 0 Å². The number of fused-ring (bicyclic) bond motifs is 1. The first-order valence-corrected chi connectivity index (χ1v) is 5.87. The van der Waals surface area contributed by atoms with Gasteiger partial charge in [0.25, 0.3) is 5.91 Å². The molecule has 0 spiro atoms. The van der Waals surface area contributed by atoms with E-state index in [1.807, 2.05) is 0 Å². The fourth-order valence-electron chi connectivity index (χ4n) is 1.74. The summed E-state index contributed by atoms with van der Waals surface area (Å²) >= 11 is 0. The van der Waals surface area contributed by atoms with Crippen LogP contribution in [0.5, 0.6) is 0 Å². The van der Waals surface area contributed by atoms with Crippen LogP contribution in [0.25, 0.3) is 10.9 Å². The summed E-state index contributed by atoms with van der Waals surface area (Å²) in [6.07, 6.45) is 0. The molecule has 0 bridgehead atoms. The minimum atomic E-state index is -0.343. The molecular formula is C13H14FN3O2. The highest BCUT2D eigenvalue weighted by Gasteiger charge is 2.09. The average molecular weight is 263 g/mol. The zero-order valence-electron chi connectivity index (χ0n) is 10.4. The van der Waals surface area contributed by atoms with Gasteiger partial charge in [0.05, 0.1) is 0 Å². The van der Waals surface area contributed by atoms with E-state index in [1.54, 1.807) is 12.1 Å². The molecule has 19 heavy (non-hydrogen) atoms. The van der Waals surface area contributed by atoms with E-state index in [0.717, 1.165) is 0 Å². The monoisotopic (exact) mass is 263 g/mol. The molecule has 0 fully saturated rings. The van der Waals surface area contributed by atoms with Crippen LogP contribution in [0.3, 0.4) is 0 Å². The molecule has 5 nitrogen and oxygen atoms in total. The molecule has 1 aromatic heterocycles. The van der Waals surface area contributed by atoms with Gasteiger partial charge in [0.1, 0.15) is 11.5 Å². The van der Waals surface area contributed by atoms with Crippen LogP contribution in [0.1, 0.15) is 17.4 Å². The highest BCUT2D eigenvalue weighted by molar-refractivity contribution is 5.98. The maximum atomic E-state index is 13.0. The number of H-pyrrole nitrogens is 1. The largest absolute Gasteiger partial charge is 0.355 e. The van der Waals surface area contributed by atoms with Crippen molar-refractivity contribution in [2.24, 2.45) is 0 Å². The number of nitrogens with one attached hydrogen (secondary N) is 3. The Morgan fingerprint density at radius 1 is 1.21 bits per heavy atom. The van der Waals surface area contributed by atoms with E-state index in [1.165, 1.54) is 19.1 Å². The van der Waals surface area contributed by atoms with Crippen molar-refractivity contribution in [1.82, 2.24) is 15.6 Å². The number of carbonyl (C=O) groups excluding carboxylic acids is 2. The molecule has 3 N–H and O–H groups in total. The molecule has 1 aromatic carbocycles. The molecule has 0 radical (unpaired) electrons. The molecule has 0 saturated carbocycles. The second-order valence-electron chi connectivity index (χ2n) is 4.15. The van der Waals surface area contributed by atoms with Crippen LogP contribution in [-0.2, 0) is 4.79 Å². The van der Waals surface area contributed by atoms with Gasteiger partial charge in [0.15, 0.2) is 0 Å². The SMILES string of the molecule is CC(=O)NCCNC(=O)c1cc2cc(F)ccc2[nH]1. The smallest absolute Gasteiger partial charge is 0.267 e. The van der Waals surface area contributed by atoms with Gasteiger partial charge < -0.3 is 15.6 Å². The molecule has 0 unspecified atom stereocenters. The predicted molar refractivity (Wildman–Crippen MR) is 69.3 cm³/mol. The zero-order chi connectivity index (χ0) is 13.8. The van der Waals surface area contributed by atoms with Crippen molar-refractivity contribution in [3.63, 3.8) is 0 Å². The lowest BCUT2D eigenvalue weighted by atomic mass is 10.2. The lowest BCUT2D eigenvalue weighted by Gasteiger charge is -2.03. The summed E-state index contributed by atoms with van der Waals surface area (Å²) in [5, 5.41) is 5.87. The van der Waals surface area contributed by atoms with Gasteiger partial charge in [-0.2, -0.15) is 0 Å². The Kier molecular flexibility index (Phi) is 3.79. The summed E-state index contributed by atoms with van der Waals surface area (Å²) in [5.74, 6) is -0.776. The Labute approximate surface area is 109 Å². The third kappa shape index (κ3) is 3.31. The van der Waals surface area contributed by atoms with Gasteiger partial charge in [0, 0.05) is 30.9 Å². The van der Waals surface area contributed by atoms with Crippen LogP contribution in [0, 0.1) is 5.82 Å². The summed E-state index contributed by atoms with van der Waals surface area (Å²) < 4.78 is 13.0. The number of hydrogen-bond acceptors (Lipinski definition) is 2. The lowest BCUT2D eigenvalue weighted by molar-refractivity contribution is -0.118. The summed E-state index contributed by atoms with van der Waals surface area (Å²) in [5.41, 5.74) is 1.07. The van der Waals surface area contributed by atoms with Crippen molar-refractivity contribution in [2.75, 3.05) is 13.1 Å². The van der Waals surface area contributed by atoms with E-state index in [4.69, 9.17) is 0 Å². The van der Waals surface area contributed by atoms with Gasteiger partial charge in [0.2, 0.25) is 5.91 Å². The number of amides is 2. The maximum absolute atomic E-state index is 13.0. The van der Waals surface area contributed by atoms with E-state index in [2.05, 4.69) is 15.6 Å². The van der Waals surface area contributed by atoms with Gasteiger partial charge >= 0.3 is 0 Å². The zero-order valence-corrected chi connectivity index (χ0v) is 10.4.